The number of rotatable bonds is 0. The molecule has 0 atom stereocenters. The van der Waals surface area contributed by atoms with E-state index in [0.717, 1.165) is 0 Å². The first kappa shape index (κ1) is 2.16. The van der Waals surface area contributed by atoms with Crippen LogP contribution in [0.1, 0.15) is 1.37 Å². The lowest BCUT2D eigenvalue weighted by atomic mass is 10.8. The van der Waals surface area contributed by atoms with Gasteiger partial charge in [-0.2, -0.15) is 0 Å². The van der Waals surface area contributed by atoms with Gasteiger partial charge in [0.25, 0.3) is 0 Å². The SMILES string of the molecule is [3H]C1OCCO1. The summed E-state index contributed by atoms with van der Waals surface area (Å²) in [7, 11) is 0. The Morgan fingerprint density at radius 2 is 2.00 bits per heavy atom. The molecule has 0 bridgehead atoms. The van der Waals surface area contributed by atoms with Crippen LogP contribution in [0.2, 0.25) is 0 Å². The van der Waals surface area contributed by atoms with Gasteiger partial charge in [-0.3, -0.25) is 0 Å². The highest BCUT2D eigenvalue weighted by Crippen LogP contribution is 1.85. The molecule has 30 valence electrons. The molecule has 0 amide bonds. The van der Waals surface area contributed by atoms with Crippen LogP contribution in [0.4, 0.5) is 0 Å². The molecule has 2 heteroatoms. The Hall–Kier alpha value is -0.0800. The average Bonchev–Trinajstić information content (AvgIpc) is 1.86. The van der Waals surface area contributed by atoms with Gasteiger partial charge in [0.1, 0.15) is 6.77 Å². The smallest absolute Gasteiger partial charge is 0.146 e. The predicted molar refractivity (Wildman–Crippen MR) is 16.8 cm³/mol. The molecule has 1 heterocycles. The van der Waals surface area contributed by atoms with Gasteiger partial charge in [-0.15, -0.1) is 0 Å². The maximum atomic E-state index is 6.69. The lowest BCUT2D eigenvalue weighted by molar-refractivity contribution is 0.0692. The molecule has 0 radical (unpaired) electrons. The molecule has 0 unspecified atom stereocenters. The van der Waals surface area contributed by atoms with Gasteiger partial charge in [0.2, 0.25) is 0 Å². The van der Waals surface area contributed by atoms with Gasteiger partial charge in [-0.05, 0) is 0 Å². The quantitative estimate of drug-likeness (QED) is 0.404. The second kappa shape index (κ2) is 1.38. The van der Waals surface area contributed by atoms with Crippen molar-refractivity contribution >= 4 is 0 Å². The highest BCUT2D eigenvalue weighted by Gasteiger charge is 1.93. The van der Waals surface area contributed by atoms with Gasteiger partial charge in [-0.1, -0.05) is 0 Å². The Morgan fingerprint density at radius 1 is 1.40 bits per heavy atom. The van der Waals surface area contributed by atoms with Gasteiger partial charge in [0, 0.05) is 0 Å². The van der Waals surface area contributed by atoms with Crippen molar-refractivity contribution in [1.29, 1.82) is 0 Å². The molecule has 0 aromatic heterocycles. The second-order valence-corrected chi connectivity index (χ2v) is 0.838. The first-order valence-corrected chi connectivity index (χ1v) is 1.55. The monoisotopic (exact) mass is 76.0 g/mol. The Bertz CT molecular complexity index is 42.1. The molecule has 1 aliphatic heterocycles. The zero-order chi connectivity index (χ0) is 4.41. The van der Waals surface area contributed by atoms with E-state index in [9.17, 15) is 0 Å². The summed E-state index contributed by atoms with van der Waals surface area (Å²) in [6.45, 7) is 0.451. The van der Waals surface area contributed by atoms with Crippen LogP contribution in [-0.2, 0) is 9.47 Å². The Morgan fingerprint density at radius 3 is 2.20 bits per heavy atom. The minimum atomic E-state index is -0.704. The van der Waals surface area contributed by atoms with Crippen LogP contribution in [-0.4, -0.2) is 20.0 Å². The predicted octanol–water partition coefficient (Wildman–Crippen LogP) is -0.00930. The lowest BCUT2D eigenvalue weighted by Crippen LogP contribution is -1.79. The largest absolute Gasteiger partial charge is 0.353 e. The first-order chi connectivity index (χ1) is 2.89. The molecule has 5 heavy (non-hydrogen) atoms. The fourth-order valence-corrected chi connectivity index (χ4v) is 0.241. The highest BCUT2D eigenvalue weighted by atomic mass is 16.7. The Balaban J connectivity index is 2.18. The molecule has 0 aromatic carbocycles. The van der Waals surface area contributed by atoms with Gasteiger partial charge in [0.05, 0.1) is 14.6 Å². The molecule has 0 saturated carbocycles. The van der Waals surface area contributed by atoms with Crippen molar-refractivity contribution in [1.82, 2.24) is 0 Å². The van der Waals surface area contributed by atoms with E-state index in [1.807, 2.05) is 0 Å². The van der Waals surface area contributed by atoms with Crippen LogP contribution in [0.5, 0.6) is 0 Å². The minimum Gasteiger partial charge on any atom is -0.353 e. The molecule has 1 saturated heterocycles. The fraction of sp³-hybridized carbons (Fsp3) is 1.00. The van der Waals surface area contributed by atoms with E-state index in [2.05, 4.69) is 9.47 Å². The van der Waals surface area contributed by atoms with E-state index < -0.39 is 6.77 Å². The second-order valence-electron chi connectivity index (χ2n) is 0.838. The van der Waals surface area contributed by atoms with E-state index in [1.165, 1.54) is 0 Å². The summed E-state index contributed by atoms with van der Waals surface area (Å²) in [6, 6.07) is 0. The van der Waals surface area contributed by atoms with E-state index >= 15 is 0 Å². The zero-order valence-electron chi connectivity index (χ0n) is 3.81. The Labute approximate surface area is 32.1 Å². The normalized spacial score (nSPS) is 30.8. The highest BCUT2D eigenvalue weighted by molar-refractivity contribution is 4.28. The van der Waals surface area contributed by atoms with E-state index in [4.69, 9.17) is 1.37 Å². The number of hydrogen-bond donors (Lipinski definition) is 0. The molecule has 1 aliphatic rings. The maximum Gasteiger partial charge on any atom is 0.146 e. The van der Waals surface area contributed by atoms with Crippen molar-refractivity contribution < 1.29 is 10.8 Å². The van der Waals surface area contributed by atoms with Crippen LogP contribution in [0.25, 0.3) is 0 Å². The molecule has 0 spiro atoms. The van der Waals surface area contributed by atoms with Gasteiger partial charge < -0.3 is 9.47 Å². The van der Waals surface area contributed by atoms with Crippen LogP contribution in [0.15, 0.2) is 0 Å². The topological polar surface area (TPSA) is 18.5 Å². The summed E-state index contributed by atoms with van der Waals surface area (Å²) in [5, 5.41) is 0. The van der Waals surface area contributed by atoms with Gasteiger partial charge in [0.15, 0.2) is 0 Å². The standard InChI is InChI=1S/C3H6O2/c1-2-5-3-4-1/h1-3H2/i3T. The molecule has 2 nitrogen and oxygen atoms in total. The van der Waals surface area contributed by atoms with E-state index in [-0.39, 0.29) is 0 Å². The molecular weight excluding hydrogens is 68.0 g/mol. The van der Waals surface area contributed by atoms with Crippen molar-refractivity contribution in [2.45, 2.75) is 0 Å². The molecule has 1 rings (SSSR count). The summed E-state index contributed by atoms with van der Waals surface area (Å²) in [5.41, 5.74) is 0. The van der Waals surface area contributed by atoms with Gasteiger partial charge in [-0.25, -0.2) is 0 Å². The number of hydrogen-bond acceptors (Lipinski definition) is 2. The van der Waals surface area contributed by atoms with Crippen LogP contribution in [0.3, 0.4) is 0 Å². The third-order valence-electron chi connectivity index (χ3n) is 0.455. The first-order valence-electron chi connectivity index (χ1n) is 2.13. The van der Waals surface area contributed by atoms with Crippen LogP contribution < -0.4 is 0 Å². The van der Waals surface area contributed by atoms with Crippen molar-refractivity contribution in [3.8, 4) is 0 Å². The lowest BCUT2D eigenvalue weighted by Gasteiger charge is -1.76. The van der Waals surface area contributed by atoms with Gasteiger partial charge >= 0.3 is 0 Å². The summed E-state index contributed by atoms with van der Waals surface area (Å²) >= 11 is 0. The fourth-order valence-electron chi connectivity index (χ4n) is 0.241. The van der Waals surface area contributed by atoms with Crippen molar-refractivity contribution in [2.24, 2.45) is 0 Å². The molecule has 0 aliphatic carbocycles. The summed E-state index contributed by atoms with van der Waals surface area (Å²) in [6.07, 6.45) is 0. The van der Waals surface area contributed by atoms with Crippen molar-refractivity contribution in [3.63, 3.8) is 0 Å². The molecule has 0 aromatic rings. The third kappa shape index (κ3) is 0.597. The number of ether oxygens (including phenoxy) is 2. The van der Waals surface area contributed by atoms with Crippen molar-refractivity contribution in [2.75, 3.05) is 20.0 Å². The molecule has 0 N–H and O–H groups in total. The molecule has 1 fully saturated rings. The summed E-state index contributed by atoms with van der Waals surface area (Å²) in [5.74, 6) is 0. The summed E-state index contributed by atoms with van der Waals surface area (Å²) in [4.78, 5) is 0. The minimum absolute atomic E-state index is 0.578. The van der Waals surface area contributed by atoms with E-state index in [1.54, 1.807) is 0 Å². The van der Waals surface area contributed by atoms with Crippen LogP contribution >= 0.6 is 0 Å². The molecular formula is C3H6O2. The van der Waals surface area contributed by atoms with Crippen molar-refractivity contribution in [3.05, 3.63) is 0 Å². The summed E-state index contributed by atoms with van der Waals surface area (Å²) < 4.78 is 15.9. The third-order valence-corrected chi connectivity index (χ3v) is 0.455. The average molecular weight is 76.1 g/mol. The maximum absolute atomic E-state index is 6.69. The van der Waals surface area contributed by atoms with Crippen LogP contribution in [0, 0.1) is 0 Å². The van der Waals surface area contributed by atoms with E-state index in [0.29, 0.717) is 13.2 Å². The zero-order valence-corrected chi connectivity index (χ0v) is 2.81. The Kier molecular flexibility index (Phi) is 0.596.